The van der Waals surface area contributed by atoms with Gasteiger partial charge in [-0.25, -0.2) is 9.50 Å². The molecule has 0 radical (unpaired) electrons. The summed E-state index contributed by atoms with van der Waals surface area (Å²) in [6.45, 7) is 6.06. The van der Waals surface area contributed by atoms with Gasteiger partial charge in [0.15, 0.2) is 0 Å². The first kappa shape index (κ1) is 18.6. The predicted molar refractivity (Wildman–Crippen MR) is 80.9 cm³/mol. The van der Waals surface area contributed by atoms with Crippen LogP contribution in [0.1, 0.15) is 23.2 Å². The molecule has 0 aromatic carbocycles. The Labute approximate surface area is 129 Å². The second-order valence-corrected chi connectivity index (χ2v) is 3.84. The third-order valence-electron chi connectivity index (χ3n) is 2.47. The third-order valence-corrected chi connectivity index (χ3v) is 2.47. The van der Waals surface area contributed by atoms with E-state index in [2.05, 4.69) is 25.7 Å². The quantitative estimate of drug-likeness (QED) is 0.789. The van der Waals surface area contributed by atoms with Gasteiger partial charge < -0.3 is 10.6 Å². The highest BCUT2D eigenvalue weighted by Crippen LogP contribution is 2.01. The van der Waals surface area contributed by atoms with Crippen molar-refractivity contribution < 1.29 is 4.79 Å². The summed E-state index contributed by atoms with van der Waals surface area (Å²) in [6.07, 6.45) is 1.65. The first-order valence-electron chi connectivity index (χ1n) is 5.89. The van der Waals surface area contributed by atoms with Gasteiger partial charge in [-0.05, 0) is 19.5 Å². The Bertz CT molecular complexity index is 559. The van der Waals surface area contributed by atoms with Crippen LogP contribution in [0.25, 0.3) is 5.78 Å². The van der Waals surface area contributed by atoms with Crippen molar-refractivity contribution >= 4 is 36.5 Å². The predicted octanol–water partition coefficient (Wildman–Crippen LogP) is 0.616. The van der Waals surface area contributed by atoms with Crippen LogP contribution in [0.15, 0.2) is 12.3 Å². The van der Waals surface area contributed by atoms with Crippen molar-refractivity contribution in [2.75, 3.05) is 19.6 Å². The minimum atomic E-state index is -0.280. The van der Waals surface area contributed by atoms with Crippen molar-refractivity contribution in [3.63, 3.8) is 0 Å². The summed E-state index contributed by atoms with van der Waals surface area (Å²) in [6, 6.07) is 1.81. The van der Waals surface area contributed by atoms with Crippen molar-refractivity contribution in [1.82, 2.24) is 30.2 Å². The van der Waals surface area contributed by atoms with Gasteiger partial charge >= 0.3 is 0 Å². The summed E-state index contributed by atoms with van der Waals surface area (Å²) < 4.78 is 1.55. The van der Waals surface area contributed by atoms with Gasteiger partial charge in [-0.2, -0.15) is 4.98 Å². The zero-order chi connectivity index (χ0) is 13.0. The molecular formula is C11H18Cl2N6O. The van der Waals surface area contributed by atoms with Gasteiger partial charge in [-0.15, -0.1) is 29.9 Å². The molecule has 0 aliphatic heterocycles. The molecule has 0 unspecified atom stereocenters. The van der Waals surface area contributed by atoms with Crippen LogP contribution in [0, 0.1) is 6.92 Å². The standard InChI is InChI=1S/C11H16N6O.2ClH/c1-3-12-6-7-13-10(18)9-15-11-14-5-4-8(2)17(11)16-9;;/h4-5,12H,3,6-7H2,1-2H3,(H,13,18);2*1H. The summed E-state index contributed by atoms with van der Waals surface area (Å²) in [7, 11) is 0. The highest BCUT2D eigenvalue weighted by atomic mass is 35.5. The Balaban J connectivity index is 0.00000180. The van der Waals surface area contributed by atoms with Gasteiger partial charge in [0.1, 0.15) is 0 Å². The molecule has 9 heteroatoms. The van der Waals surface area contributed by atoms with Crippen molar-refractivity contribution in [3.05, 3.63) is 23.8 Å². The second kappa shape index (κ2) is 8.68. The largest absolute Gasteiger partial charge is 0.348 e. The normalized spacial score (nSPS) is 9.70. The molecule has 0 spiro atoms. The topological polar surface area (TPSA) is 84.2 Å². The zero-order valence-electron chi connectivity index (χ0n) is 11.3. The number of fused-ring (bicyclic) bond motifs is 1. The third kappa shape index (κ3) is 4.29. The number of carbonyl (C=O) groups excluding carboxylic acids is 1. The number of hydrogen-bond donors (Lipinski definition) is 2. The Kier molecular flexibility index (Phi) is 8.05. The van der Waals surface area contributed by atoms with Crippen LogP contribution in [-0.4, -0.2) is 45.1 Å². The molecule has 0 atom stereocenters. The minimum Gasteiger partial charge on any atom is -0.348 e. The monoisotopic (exact) mass is 320 g/mol. The van der Waals surface area contributed by atoms with Gasteiger partial charge in [-0.3, -0.25) is 4.79 Å². The maximum atomic E-state index is 11.8. The molecule has 0 saturated heterocycles. The van der Waals surface area contributed by atoms with E-state index in [9.17, 15) is 4.79 Å². The molecule has 20 heavy (non-hydrogen) atoms. The van der Waals surface area contributed by atoms with Crippen LogP contribution in [0.5, 0.6) is 0 Å². The maximum absolute atomic E-state index is 11.8. The Hall–Kier alpha value is -1.44. The minimum absolute atomic E-state index is 0. The number of nitrogens with zero attached hydrogens (tertiary/aromatic N) is 4. The van der Waals surface area contributed by atoms with E-state index in [1.807, 2.05) is 19.9 Å². The smallest absolute Gasteiger partial charge is 0.291 e. The fraction of sp³-hybridized carbons (Fsp3) is 0.455. The number of aryl methyl sites for hydroxylation is 1. The molecule has 2 heterocycles. The number of rotatable bonds is 5. The molecule has 0 aliphatic rings. The van der Waals surface area contributed by atoms with Gasteiger partial charge in [-0.1, -0.05) is 6.92 Å². The van der Waals surface area contributed by atoms with E-state index in [1.165, 1.54) is 0 Å². The summed E-state index contributed by atoms with van der Waals surface area (Å²) in [4.78, 5) is 19.9. The van der Waals surface area contributed by atoms with E-state index in [4.69, 9.17) is 0 Å². The van der Waals surface area contributed by atoms with Crippen molar-refractivity contribution in [1.29, 1.82) is 0 Å². The summed E-state index contributed by atoms with van der Waals surface area (Å²) in [5.74, 6) is 0.304. The number of hydrogen-bond acceptors (Lipinski definition) is 5. The molecule has 1 amide bonds. The van der Waals surface area contributed by atoms with Gasteiger partial charge in [0.2, 0.25) is 5.82 Å². The first-order chi connectivity index (χ1) is 8.72. The summed E-state index contributed by atoms with van der Waals surface area (Å²) in [5.41, 5.74) is 0.888. The lowest BCUT2D eigenvalue weighted by atomic mass is 10.5. The zero-order valence-corrected chi connectivity index (χ0v) is 12.9. The average Bonchev–Trinajstić information content (AvgIpc) is 2.80. The lowest BCUT2D eigenvalue weighted by Crippen LogP contribution is -2.32. The number of nitrogens with one attached hydrogen (secondary N) is 2. The van der Waals surface area contributed by atoms with Crippen LogP contribution >= 0.6 is 24.8 Å². The van der Waals surface area contributed by atoms with Crippen molar-refractivity contribution in [3.8, 4) is 0 Å². The highest BCUT2D eigenvalue weighted by Gasteiger charge is 2.13. The van der Waals surface area contributed by atoms with Crippen molar-refractivity contribution in [2.24, 2.45) is 0 Å². The molecule has 0 bridgehead atoms. The molecule has 2 aromatic heterocycles. The Morgan fingerprint density at radius 1 is 1.35 bits per heavy atom. The van der Waals surface area contributed by atoms with E-state index >= 15 is 0 Å². The van der Waals surface area contributed by atoms with Crippen LogP contribution in [-0.2, 0) is 0 Å². The van der Waals surface area contributed by atoms with Gasteiger partial charge in [0, 0.05) is 25.0 Å². The molecule has 0 aliphatic carbocycles. The highest BCUT2D eigenvalue weighted by molar-refractivity contribution is 5.90. The fourth-order valence-corrected chi connectivity index (χ4v) is 1.52. The molecule has 2 N–H and O–H groups in total. The van der Waals surface area contributed by atoms with Crippen LogP contribution in [0.2, 0.25) is 0 Å². The number of halogens is 2. The number of likely N-dealkylation sites (N-methyl/N-ethyl adjacent to an activating group) is 1. The number of aromatic nitrogens is 4. The molecular weight excluding hydrogens is 303 g/mol. The molecule has 112 valence electrons. The second-order valence-electron chi connectivity index (χ2n) is 3.84. The van der Waals surface area contributed by atoms with E-state index in [0.717, 1.165) is 18.8 Å². The molecule has 0 saturated carbocycles. The fourth-order valence-electron chi connectivity index (χ4n) is 1.52. The van der Waals surface area contributed by atoms with Gasteiger partial charge in [0.25, 0.3) is 11.7 Å². The summed E-state index contributed by atoms with van der Waals surface area (Å²) in [5, 5.41) is 9.99. The van der Waals surface area contributed by atoms with Crippen LogP contribution in [0.3, 0.4) is 0 Å². The van der Waals surface area contributed by atoms with E-state index < -0.39 is 0 Å². The van der Waals surface area contributed by atoms with E-state index in [1.54, 1.807) is 10.7 Å². The Morgan fingerprint density at radius 3 is 2.75 bits per heavy atom. The van der Waals surface area contributed by atoms with E-state index in [0.29, 0.717) is 12.3 Å². The maximum Gasteiger partial charge on any atom is 0.291 e. The number of carbonyl (C=O) groups is 1. The lowest BCUT2D eigenvalue weighted by molar-refractivity contribution is 0.0944. The SMILES string of the molecule is CCNCCNC(=O)c1nc2nccc(C)n2n1.Cl.Cl. The Morgan fingerprint density at radius 2 is 2.10 bits per heavy atom. The number of amides is 1. The molecule has 2 aromatic rings. The van der Waals surface area contributed by atoms with Crippen molar-refractivity contribution in [2.45, 2.75) is 13.8 Å². The lowest BCUT2D eigenvalue weighted by Gasteiger charge is -2.02. The van der Waals surface area contributed by atoms with Crippen LogP contribution in [0.4, 0.5) is 0 Å². The molecule has 0 fully saturated rings. The van der Waals surface area contributed by atoms with E-state index in [-0.39, 0.29) is 36.5 Å². The average molecular weight is 321 g/mol. The van der Waals surface area contributed by atoms with Gasteiger partial charge in [0.05, 0.1) is 0 Å². The first-order valence-corrected chi connectivity index (χ1v) is 5.89. The molecule has 2 rings (SSSR count). The molecule has 7 nitrogen and oxygen atoms in total. The van der Waals surface area contributed by atoms with Crippen LogP contribution < -0.4 is 10.6 Å². The summed E-state index contributed by atoms with van der Waals surface area (Å²) >= 11 is 0.